The van der Waals surface area contributed by atoms with Crippen LogP contribution in [0.1, 0.15) is 61.8 Å². The van der Waals surface area contributed by atoms with E-state index < -0.39 is 67.3 Å². The average molecular weight is 476 g/mol. The van der Waals surface area contributed by atoms with Gasteiger partial charge in [-0.05, 0) is 61.8 Å². The van der Waals surface area contributed by atoms with Crippen molar-refractivity contribution in [3.05, 3.63) is 0 Å². The van der Waals surface area contributed by atoms with Crippen LogP contribution in [0.2, 0.25) is 0 Å². The predicted molar refractivity (Wildman–Crippen MR) is 112 cm³/mol. The third-order valence-electron chi connectivity index (χ3n) is 2.80. The van der Waals surface area contributed by atoms with E-state index in [0.717, 1.165) is 0 Å². The van der Waals surface area contributed by atoms with Crippen molar-refractivity contribution in [1.29, 1.82) is 0 Å². The second-order valence-electron chi connectivity index (χ2n) is 7.25. The van der Waals surface area contributed by atoms with Crippen molar-refractivity contribution in [2.75, 3.05) is 5.75 Å². The standard InChI is InChI=1S/C15H34O9P2S.Na.H/c1-11(2)21-25(16,22-12(3)4)15(9-10-27(18,19)20)26(17,23-13(5)6)24-14(7)8;;/h11-15H,9-10H2,1-8H3,(H,18,19,20);;. The summed E-state index contributed by atoms with van der Waals surface area (Å²) in [5.74, 6) is -0.794. The quantitative estimate of drug-likeness (QED) is 0.238. The molecule has 0 rings (SSSR count). The molecule has 0 amide bonds. The molecule has 0 aliphatic heterocycles. The van der Waals surface area contributed by atoms with Crippen molar-refractivity contribution < 1.29 is 40.2 Å². The number of hydrogen-bond donors (Lipinski definition) is 1. The number of hydrogen-bond acceptors (Lipinski definition) is 8. The molecule has 0 aliphatic rings. The summed E-state index contributed by atoms with van der Waals surface area (Å²) >= 11 is 0. The molecule has 9 nitrogen and oxygen atoms in total. The molecular weight excluding hydrogens is 441 g/mol. The molecule has 0 unspecified atom stereocenters. The molecule has 0 fully saturated rings. The first-order chi connectivity index (χ1) is 12.0. The van der Waals surface area contributed by atoms with Crippen molar-refractivity contribution in [3.8, 4) is 0 Å². The molecule has 166 valence electrons. The maximum absolute atomic E-state index is 13.6. The molecule has 0 aromatic heterocycles. The van der Waals surface area contributed by atoms with E-state index in [0.29, 0.717) is 0 Å². The fraction of sp³-hybridized carbons (Fsp3) is 1.00. The van der Waals surface area contributed by atoms with Crippen LogP contribution in [0.4, 0.5) is 0 Å². The van der Waals surface area contributed by atoms with E-state index in [2.05, 4.69) is 0 Å². The van der Waals surface area contributed by atoms with Crippen molar-refractivity contribution in [2.45, 2.75) is 91.6 Å². The summed E-state index contributed by atoms with van der Waals surface area (Å²) in [6, 6.07) is 0. The first kappa shape index (κ1) is 31.4. The predicted octanol–water partition coefficient (Wildman–Crippen LogP) is 4.03. The molecule has 1 N–H and O–H groups in total. The average Bonchev–Trinajstić information content (AvgIpc) is 2.31. The van der Waals surface area contributed by atoms with Crippen LogP contribution in [0.25, 0.3) is 0 Å². The van der Waals surface area contributed by atoms with E-state index in [1.54, 1.807) is 55.4 Å². The Hall–Kier alpha value is 1.21. The minimum atomic E-state index is -4.42. The summed E-state index contributed by atoms with van der Waals surface area (Å²) in [6.45, 7) is 13.0. The SMILES string of the molecule is CC(C)OP(=O)(OC(C)C)C(CCS(=O)(=O)O)P(=O)(OC(C)C)OC(C)C.[NaH]. The topological polar surface area (TPSA) is 125 Å². The monoisotopic (exact) mass is 476 g/mol. The van der Waals surface area contributed by atoms with Gasteiger partial charge in [0.15, 0.2) is 5.40 Å². The summed E-state index contributed by atoms with van der Waals surface area (Å²) in [5.41, 5.74) is 0. The van der Waals surface area contributed by atoms with E-state index in [9.17, 15) is 17.5 Å². The zero-order valence-electron chi connectivity index (χ0n) is 17.3. The van der Waals surface area contributed by atoms with Crippen LogP contribution in [0, 0.1) is 0 Å². The van der Waals surface area contributed by atoms with E-state index in [4.69, 9.17) is 22.6 Å². The van der Waals surface area contributed by atoms with Crippen LogP contribution in [-0.2, 0) is 37.3 Å². The molecule has 13 heteroatoms. The van der Waals surface area contributed by atoms with E-state index >= 15 is 0 Å². The van der Waals surface area contributed by atoms with Crippen molar-refractivity contribution >= 4 is 54.9 Å². The summed E-state index contributed by atoms with van der Waals surface area (Å²) < 4.78 is 81.0. The van der Waals surface area contributed by atoms with Gasteiger partial charge in [0.1, 0.15) is 0 Å². The van der Waals surface area contributed by atoms with Gasteiger partial charge < -0.3 is 18.1 Å². The molecule has 0 bridgehead atoms. The van der Waals surface area contributed by atoms with Gasteiger partial charge in [0.25, 0.3) is 10.1 Å². The molecule has 0 spiro atoms. The van der Waals surface area contributed by atoms with Gasteiger partial charge in [-0.3, -0.25) is 13.7 Å². The third-order valence-corrected chi connectivity index (χ3v) is 10.1. The van der Waals surface area contributed by atoms with E-state index in [1.807, 2.05) is 0 Å². The number of rotatable bonds is 13. The Morgan fingerprint density at radius 1 is 0.714 bits per heavy atom. The Labute approximate surface area is 191 Å². The van der Waals surface area contributed by atoms with E-state index in [-0.39, 0.29) is 29.6 Å². The molecule has 0 radical (unpaired) electrons. The van der Waals surface area contributed by atoms with Crippen LogP contribution in [-0.4, -0.2) is 78.1 Å². The molecule has 28 heavy (non-hydrogen) atoms. The molecule has 0 aromatic carbocycles. The minimum absolute atomic E-state index is 0. The molecule has 0 atom stereocenters. The fourth-order valence-electron chi connectivity index (χ4n) is 2.25. The summed E-state index contributed by atoms with van der Waals surface area (Å²) in [7, 11) is -12.7. The van der Waals surface area contributed by atoms with Gasteiger partial charge in [-0.2, -0.15) is 8.42 Å². The molecule has 0 heterocycles. The first-order valence-electron chi connectivity index (χ1n) is 8.89. The first-order valence-corrected chi connectivity index (χ1v) is 13.7. The fourth-order valence-corrected chi connectivity index (χ4v) is 9.07. The molecular formula is C15H35NaO9P2S. The Balaban J connectivity index is 0. The Bertz CT molecular complexity index is 584. The molecule has 0 aromatic rings. The normalized spacial score (nSPS) is 13.8. The van der Waals surface area contributed by atoms with Crippen molar-refractivity contribution in [2.24, 2.45) is 0 Å². The van der Waals surface area contributed by atoms with Gasteiger partial charge in [0, 0.05) is 0 Å². The summed E-state index contributed by atoms with van der Waals surface area (Å²) in [6.07, 6.45) is -2.72. The van der Waals surface area contributed by atoms with Gasteiger partial charge in [0.2, 0.25) is 0 Å². The van der Waals surface area contributed by atoms with Crippen molar-refractivity contribution in [3.63, 3.8) is 0 Å². The van der Waals surface area contributed by atoms with E-state index in [1.165, 1.54) is 0 Å². The Morgan fingerprint density at radius 3 is 1.14 bits per heavy atom. The molecule has 0 saturated carbocycles. The zero-order chi connectivity index (χ0) is 21.6. The van der Waals surface area contributed by atoms with Crippen LogP contribution in [0.3, 0.4) is 0 Å². The second kappa shape index (κ2) is 12.9. The van der Waals surface area contributed by atoms with Gasteiger partial charge in [-0.25, -0.2) is 0 Å². The second-order valence-corrected chi connectivity index (χ2v) is 13.5. The van der Waals surface area contributed by atoms with Gasteiger partial charge in [-0.15, -0.1) is 0 Å². The van der Waals surface area contributed by atoms with Gasteiger partial charge in [0.05, 0.1) is 30.2 Å². The van der Waals surface area contributed by atoms with Gasteiger partial charge in [-0.1, -0.05) is 0 Å². The summed E-state index contributed by atoms with van der Waals surface area (Å²) in [4.78, 5) is 0. The summed E-state index contributed by atoms with van der Waals surface area (Å²) in [5, 5.41) is -1.51. The molecule has 0 aliphatic carbocycles. The van der Waals surface area contributed by atoms with Gasteiger partial charge >= 0.3 is 44.7 Å². The Kier molecular flexibility index (Phi) is 14.5. The zero-order valence-corrected chi connectivity index (χ0v) is 19.9. The maximum atomic E-state index is 13.6. The molecule has 0 saturated heterocycles. The van der Waals surface area contributed by atoms with Crippen LogP contribution in [0.15, 0.2) is 0 Å². The van der Waals surface area contributed by atoms with Crippen molar-refractivity contribution in [1.82, 2.24) is 0 Å². The Morgan fingerprint density at radius 2 is 0.964 bits per heavy atom. The van der Waals surface area contributed by atoms with Crippen LogP contribution >= 0.6 is 15.2 Å². The third kappa shape index (κ3) is 12.2. The van der Waals surface area contributed by atoms with Crippen LogP contribution in [0.5, 0.6) is 0 Å². The van der Waals surface area contributed by atoms with Crippen LogP contribution < -0.4 is 0 Å².